The fraction of sp³-hybridized carbons (Fsp3) is 0.167. The Hall–Kier alpha value is -1.81. The Bertz CT molecular complexity index is 455. The van der Waals surface area contributed by atoms with Crippen LogP contribution in [-0.2, 0) is 4.79 Å². The van der Waals surface area contributed by atoms with Crippen molar-refractivity contribution in [3.8, 4) is 0 Å². The molecule has 17 heavy (non-hydrogen) atoms. The van der Waals surface area contributed by atoms with Gasteiger partial charge in [-0.2, -0.15) is 0 Å². The molecule has 0 aliphatic heterocycles. The summed E-state index contributed by atoms with van der Waals surface area (Å²) in [5.74, 6) is 0.156. The second-order valence-corrected chi connectivity index (χ2v) is 3.93. The summed E-state index contributed by atoms with van der Waals surface area (Å²) in [5.41, 5.74) is 0.488. The molecule has 0 bridgehead atoms. The number of halogens is 1. The fourth-order valence-electron chi connectivity index (χ4n) is 1.19. The molecule has 5 heteroatoms. The smallest absolute Gasteiger partial charge is 0.273 e. The SMILES string of the molecule is C=C/C=C(/C(=O)Nc1cc(Cl)ccn1)N(C)C. The van der Waals surface area contributed by atoms with Crippen LogP contribution < -0.4 is 5.32 Å². The summed E-state index contributed by atoms with van der Waals surface area (Å²) in [4.78, 5) is 17.6. The predicted molar refractivity (Wildman–Crippen MR) is 69.8 cm³/mol. The van der Waals surface area contributed by atoms with Crippen LogP contribution in [0.5, 0.6) is 0 Å². The lowest BCUT2D eigenvalue weighted by Gasteiger charge is -2.15. The first-order chi connectivity index (χ1) is 8.04. The molecule has 0 aliphatic rings. The van der Waals surface area contributed by atoms with Gasteiger partial charge in [-0.1, -0.05) is 24.3 Å². The maximum absolute atomic E-state index is 11.9. The Kier molecular flexibility index (Phi) is 4.72. The molecular formula is C12H14ClN3O. The van der Waals surface area contributed by atoms with E-state index in [1.54, 1.807) is 43.3 Å². The average Bonchev–Trinajstić information content (AvgIpc) is 2.25. The van der Waals surface area contributed by atoms with Gasteiger partial charge in [0.1, 0.15) is 11.5 Å². The first kappa shape index (κ1) is 13.3. The van der Waals surface area contributed by atoms with Crippen molar-refractivity contribution in [1.29, 1.82) is 0 Å². The maximum atomic E-state index is 11.9. The lowest BCUT2D eigenvalue weighted by Crippen LogP contribution is -2.25. The molecular weight excluding hydrogens is 238 g/mol. The summed E-state index contributed by atoms with van der Waals surface area (Å²) in [5, 5.41) is 3.18. The van der Waals surface area contributed by atoms with Gasteiger partial charge in [0.15, 0.2) is 0 Å². The lowest BCUT2D eigenvalue weighted by molar-refractivity contribution is -0.114. The second kappa shape index (κ2) is 6.06. The number of likely N-dealkylation sites (N-methyl/N-ethyl adjacent to an activating group) is 1. The standard InChI is InChI=1S/C12H14ClN3O/c1-4-5-10(16(2)3)12(17)15-11-8-9(13)6-7-14-11/h4-8H,1H2,2-3H3,(H,14,15,17)/b10-5-. The highest BCUT2D eigenvalue weighted by Crippen LogP contribution is 2.13. The van der Waals surface area contributed by atoms with Gasteiger partial charge < -0.3 is 10.2 Å². The minimum Gasteiger partial charge on any atom is -0.373 e. The van der Waals surface area contributed by atoms with E-state index in [2.05, 4.69) is 16.9 Å². The molecule has 0 atom stereocenters. The van der Waals surface area contributed by atoms with Crippen LogP contribution >= 0.6 is 11.6 Å². The first-order valence-electron chi connectivity index (χ1n) is 4.97. The van der Waals surface area contributed by atoms with E-state index in [0.717, 1.165) is 0 Å². The number of carbonyl (C=O) groups is 1. The van der Waals surface area contributed by atoms with Crippen LogP contribution in [-0.4, -0.2) is 29.9 Å². The highest BCUT2D eigenvalue weighted by molar-refractivity contribution is 6.30. The Morgan fingerprint density at radius 3 is 2.82 bits per heavy atom. The largest absolute Gasteiger partial charge is 0.373 e. The van der Waals surface area contributed by atoms with Crippen LogP contribution in [0.25, 0.3) is 0 Å². The third-order valence-electron chi connectivity index (χ3n) is 1.95. The molecule has 1 rings (SSSR count). The van der Waals surface area contributed by atoms with Gasteiger partial charge in [0, 0.05) is 25.3 Å². The fourth-order valence-corrected chi connectivity index (χ4v) is 1.35. The van der Waals surface area contributed by atoms with Crippen molar-refractivity contribution >= 4 is 23.3 Å². The van der Waals surface area contributed by atoms with E-state index >= 15 is 0 Å². The summed E-state index contributed by atoms with van der Waals surface area (Å²) in [7, 11) is 3.56. The molecule has 1 amide bonds. The number of rotatable bonds is 4. The van der Waals surface area contributed by atoms with Crippen molar-refractivity contribution < 1.29 is 4.79 Å². The molecule has 0 aromatic carbocycles. The van der Waals surface area contributed by atoms with E-state index in [4.69, 9.17) is 11.6 Å². The molecule has 1 N–H and O–H groups in total. The lowest BCUT2D eigenvalue weighted by atomic mass is 10.3. The van der Waals surface area contributed by atoms with Crippen LogP contribution in [0.2, 0.25) is 5.02 Å². The normalized spacial score (nSPS) is 10.9. The summed E-state index contributed by atoms with van der Waals surface area (Å²) in [6.45, 7) is 3.57. The van der Waals surface area contributed by atoms with Crippen LogP contribution in [0.3, 0.4) is 0 Å². The number of allylic oxidation sites excluding steroid dienone is 2. The number of carbonyl (C=O) groups excluding carboxylic acids is 1. The Morgan fingerprint density at radius 1 is 1.59 bits per heavy atom. The molecule has 0 radical (unpaired) electrons. The number of nitrogens with zero attached hydrogens (tertiary/aromatic N) is 2. The zero-order valence-corrected chi connectivity index (χ0v) is 10.5. The second-order valence-electron chi connectivity index (χ2n) is 3.50. The number of pyridine rings is 1. The minimum atomic E-state index is -0.260. The van der Waals surface area contributed by atoms with E-state index in [-0.39, 0.29) is 5.91 Å². The maximum Gasteiger partial charge on any atom is 0.273 e. The highest BCUT2D eigenvalue weighted by atomic mass is 35.5. The van der Waals surface area contributed by atoms with Gasteiger partial charge >= 0.3 is 0 Å². The molecule has 1 heterocycles. The average molecular weight is 252 g/mol. The molecule has 90 valence electrons. The van der Waals surface area contributed by atoms with Crippen molar-refractivity contribution in [2.45, 2.75) is 0 Å². The number of hydrogen-bond acceptors (Lipinski definition) is 3. The van der Waals surface area contributed by atoms with Gasteiger partial charge in [-0.3, -0.25) is 4.79 Å². The topological polar surface area (TPSA) is 45.2 Å². The van der Waals surface area contributed by atoms with E-state index in [0.29, 0.717) is 16.5 Å². The summed E-state index contributed by atoms with van der Waals surface area (Å²) < 4.78 is 0. The molecule has 0 aliphatic carbocycles. The molecule has 1 aromatic rings. The molecule has 0 spiro atoms. The van der Waals surface area contributed by atoms with Gasteiger partial charge in [-0.15, -0.1) is 0 Å². The zero-order chi connectivity index (χ0) is 12.8. The van der Waals surface area contributed by atoms with Crippen molar-refractivity contribution in [2.24, 2.45) is 0 Å². The van der Waals surface area contributed by atoms with Crippen LogP contribution in [0.4, 0.5) is 5.82 Å². The third-order valence-corrected chi connectivity index (χ3v) is 2.19. The quantitative estimate of drug-likeness (QED) is 0.660. The number of anilines is 1. The first-order valence-corrected chi connectivity index (χ1v) is 5.35. The molecule has 1 aromatic heterocycles. The van der Waals surface area contributed by atoms with E-state index in [1.165, 1.54) is 6.20 Å². The molecule has 0 fully saturated rings. The van der Waals surface area contributed by atoms with Gasteiger partial charge in [0.05, 0.1) is 0 Å². The number of aromatic nitrogens is 1. The van der Waals surface area contributed by atoms with Gasteiger partial charge in [0.25, 0.3) is 5.91 Å². The van der Waals surface area contributed by atoms with Gasteiger partial charge in [-0.05, 0) is 18.2 Å². The summed E-state index contributed by atoms with van der Waals surface area (Å²) in [6.07, 6.45) is 4.71. The van der Waals surface area contributed by atoms with Gasteiger partial charge in [-0.25, -0.2) is 4.98 Å². The molecule has 0 saturated heterocycles. The van der Waals surface area contributed by atoms with Crippen LogP contribution in [0, 0.1) is 0 Å². The molecule has 4 nitrogen and oxygen atoms in total. The predicted octanol–water partition coefficient (Wildman–Crippen LogP) is 2.30. The third kappa shape index (κ3) is 3.92. The Morgan fingerprint density at radius 2 is 2.29 bits per heavy atom. The number of hydrogen-bond donors (Lipinski definition) is 1. The molecule has 0 unspecified atom stereocenters. The van der Waals surface area contributed by atoms with Crippen molar-refractivity contribution in [3.63, 3.8) is 0 Å². The van der Waals surface area contributed by atoms with Crippen molar-refractivity contribution in [2.75, 3.05) is 19.4 Å². The van der Waals surface area contributed by atoms with Crippen molar-refractivity contribution in [3.05, 3.63) is 47.8 Å². The Balaban J connectivity index is 2.84. The number of nitrogens with one attached hydrogen (secondary N) is 1. The summed E-state index contributed by atoms with van der Waals surface area (Å²) in [6, 6.07) is 3.23. The zero-order valence-electron chi connectivity index (χ0n) is 9.77. The highest BCUT2D eigenvalue weighted by Gasteiger charge is 2.11. The number of amides is 1. The summed E-state index contributed by atoms with van der Waals surface area (Å²) >= 11 is 5.80. The van der Waals surface area contributed by atoms with Crippen molar-refractivity contribution in [1.82, 2.24) is 9.88 Å². The monoisotopic (exact) mass is 251 g/mol. The molecule has 0 saturated carbocycles. The van der Waals surface area contributed by atoms with Crippen LogP contribution in [0.1, 0.15) is 0 Å². The van der Waals surface area contributed by atoms with Gasteiger partial charge in [0.2, 0.25) is 0 Å². The van der Waals surface area contributed by atoms with E-state index in [9.17, 15) is 4.79 Å². The minimum absolute atomic E-state index is 0.260. The van der Waals surface area contributed by atoms with E-state index < -0.39 is 0 Å². The Labute approximate surface area is 106 Å². The van der Waals surface area contributed by atoms with E-state index in [1.807, 2.05) is 0 Å². The van der Waals surface area contributed by atoms with Crippen LogP contribution in [0.15, 0.2) is 42.8 Å².